The summed E-state index contributed by atoms with van der Waals surface area (Å²) in [5.41, 5.74) is 4.24. The summed E-state index contributed by atoms with van der Waals surface area (Å²) in [5, 5.41) is 0.673. The van der Waals surface area contributed by atoms with E-state index in [-0.39, 0.29) is 11.3 Å². The fraction of sp³-hybridized carbons (Fsp3) is 0.118. The highest BCUT2D eigenvalue weighted by Gasteiger charge is 2.33. The van der Waals surface area contributed by atoms with Crippen LogP contribution in [0.5, 0.6) is 0 Å². The molecule has 2 aromatic heterocycles. The number of amides is 2. The van der Waals surface area contributed by atoms with Crippen molar-refractivity contribution in [3.05, 3.63) is 65.1 Å². The Labute approximate surface area is 145 Å². The van der Waals surface area contributed by atoms with Crippen LogP contribution >= 0.6 is 0 Å². The minimum Gasteiger partial charge on any atom is -0.360 e. The Kier molecular flexibility index (Phi) is 4.37. The molecule has 0 spiro atoms. The molecule has 0 unspecified atom stereocenters. The lowest BCUT2D eigenvalue weighted by Crippen LogP contribution is -2.42. The molecular weight excluding hydrogens is 349 g/mol. The Balaban J connectivity index is 1.72. The summed E-state index contributed by atoms with van der Waals surface area (Å²) in [6.07, 6.45) is -3.10. The Bertz CT molecular complexity index is 995. The minimum atomic E-state index is -4.59. The number of carbonyl (C=O) groups excluding carboxylic acids is 2. The van der Waals surface area contributed by atoms with Crippen LogP contribution in [0.2, 0.25) is 0 Å². The Morgan fingerprint density at radius 1 is 1.00 bits per heavy atom. The van der Waals surface area contributed by atoms with E-state index in [1.54, 1.807) is 18.2 Å². The molecule has 0 fully saturated rings. The number of carbonyl (C=O) groups is 2. The van der Waals surface area contributed by atoms with Crippen LogP contribution in [0.1, 0.15) is 32.1 Å². The highest BCUT2D eigenvalue weighted by molar-refractivity contribution is 6.07. The van der Waals surface area contributed by atoms with E-state index in [0.717, 1.165) is 11.6 Å². The first-order valence-corrected chi connectivity index (χ1v) is 7.49. The molecule has 9 heteroatoms. The van der Waals surface area contributed by atoms with Crippen LogP contribution < -0.4 is 10.9 Å². The first kappa shape index (κ1) is 17.5. The third-order valence-corrected chi connectivity index (χ3v) is 3.74. The van der Waals surface area contributed by atoms with Gasteiger partial charge in [-0.3, -0.25) is 20.4 Å². The zero-order valence-corrected chi connectivity index (χ0v) is 13.4. The number of para-hydroxylation sites is 1. The first-order chi connectivity index (χ1) is 12.3. The summed E-state index contributed by atoms with van der Waals surface area (Å²) in [5.74, 6) is -1.33. The van der Waals surface area contributed by atoms with E-state index in [9.17, 15) is 22.8 Å². The van der Waals surface area contributed by atoms with E-state index < -0.39 is 23.7 Å². The van der Waals surface area contributed by atoms with Gasteiger partial charge in [0.2, 0.25) is 0 Å². The predicted octanol–water partition coefficient (Wildman–Crippen LogP) is 2.96. The number of rotatable bonds is 2. The number of aromatic amines is 1. The standard InChI is InChI=1S/C17H13F3N4O2/c1-9-10(6-7-14(22-9)17(18,19)20)15(25)23-24-16(26)12-8-21-13-5-3-2-4-11(12)13/h2-8,21H,1H3,(H,23,25)(H,24,26). The number of hydrogen-bond donors (Lipinski definition) is 3. The van der Waals surface area contributed by atoms with Gasteiger partial charge in [-0.2, -0.15) is 13.2 Å². The van der Waals surface area contributed by atoms with E-state index in [1.165, 1.54) is 13.1 Å². The summed E-state index contributed by atoms with van der Waals surface area (Å²) in [7, 11) is 0. The molecule has 26 heavy (non-hydrogen) atoms. The monoisotopic (exact) mass is 362 g/mol. The molecule has 0 radical (unpaired) electrons. The molecule has 0 aliphatic carbocycles. The van der Waals surface area contributed by atoms with Crippen molar-refractivity contribution in [2.24, 2.45) is 0 Å². The van der Waals surface area contributed by atoms with Gasteiger partial charge in [-0.05, 0) is 25.1 Å². The van der Waals surface area contributed by atoms with E-state index in [0.29, 0.717) is 17.0 Å². The quantitative estimate of drug-likeness (QED) is 0.613. The van der Waals surface area contributed by atoms with Crippen molar-refractivity contribution in [2.75, 3.05) is 0 Å². The van der Waals surface area contributed by atoms with Gasteiger partial charge >= 0.3 is 6.18 Å². The molecule has 134 valence electrons. The van der Waals surface area contributed by atoms with Crippen molar-refractivity contribution < 1.29 is 22.8 Å². The molecule has 0 saturated heterocycles. The fourth-order valence-electron chi connectivity index (χ4n) is 2.47. The van der Waals surface area contributed by atoms with Crippen LogP contribution in [-0.4, -0.2) is 21.8 Å². The zero-order valence-electron chi connectivity index (χ0n) is 13.4. The van der Waals surface area contributed by atoms with Gasteiger partial charge in [0.25, 0.3) is 11.8 Å². The molecule has 1 aromatic carbocycles. The number of fused-ring (bicyclic) bond motifs is 1. The van der Waals surface area contributed by atoms with Crippen molar-refractivity contribution >= 4 is 22.7 Å². The molecule has 2 amide bonds. The smallest absolute Gasteiger partial charge is 0.360 e. The number of nitrogens with zero attached hydrogens (tertiary/aromatic N) is 1. The highest BCUT2D eigenvalue weighted by atomic mass is 19.4. The summed E-state index contributed by atoms with van der Waals surface area (Å²) in [4.78, 5) is 30.6. The average molecular weight is 362 g/mol. The van der Waals surface area contributed by atoms with Crippen LogP contribution in [0.15, 0.2) is 42.6 Å². The average Bonchev–Trinajstić information content (AvgIpc) is 3.02. The summed E-state index contributed by atoms with van der Waals surface area (Å²) < 4.78 is 37.8. The molecule has 0 saturated carbocycles. The maximum absolute atomic E-state index is 12.6. The van der Waals surface area contributed by atoms with E-state index >= 15 is 0 Å². The van der Waals surface area contributed by atoms with E-state index in [1.807, 2.05) is 6.07 Å². The number of aryl methyl sites for hydroxylation is 1. The minimum absolute atomic E-state index is 0.0720. The number of aromatic nitrogens is 2. The molecule has 3 N–H and O–H groups in total. The van der Waals surface area contributed by atoms with Gasteiger partial charge in [0.1, 0.15) is 5.69 Å². The maximum atomic E-state index is 12.6. The topological polar surface area (TPSA) is 86.9 Å². The second-order valence-electron chi connectivity index (χ2n) is 5.48. The summed E-state index contributed by atoms with van der Waals surface area (Å²) >= 11 is 0. The maximum Gasteiger partial charge on any atom is 0.433 e. The van der Waals surface area contributed by atoms with Crippen molar-refractivity contribution in [3.8, 4) is 0 Å². The number of nitrogens with one attached hydrogen (secondary N) is 3. The lowest BCUT2D eigenvalue weighted by Gasteiger charge is -2.11. The van der Waals surface area contributed by atoms with Crippen LogP contribution in [-0.2, 0) is 6.18 Å². The molecule has 3 aromatic rings. The number of halogens is 3. The fourth-order valence-corrected chi connectivity index (χ4v) is 2.47. The number of hydrogen-bond acceptors (Lipinski definition) is 3. The SMILES string of the molecule is Cc1nc(C(F)(F)F)ccc1C(=O)NNC(=O)c1c[nH]c2ccccc12. The number of benzene rings is 1. The molecule has 0 aliphatic heterocycles. The van der Waals surface area contributed by atoms with Crippen molar-refractivity contribution in [3.63, 3.8) is 0 Å². The van der Waals surface area contributed by atoms with Crippen LogP contribution in [0.4, 0.5) is 13.2 Å². The largest absolute Gasteiger partial charge is 0.433 e. The lowest BCUT2D eigenvalue weighted by atomic mass is 10.1. The molecule has 0 aliphatic rings. The Morgan fingerprint density at radius 2 is 1.65 bits per heavy atom. The van der Waals surface area contributed by atoms with Crippen molar-refractivity contribution in [1.82, 2.24) is 20.8 Å². The highest BCUT2D eigenvalue weighted by Crippen LogP contribution is 2.28. The summed E-state index contributed by atoms with van der Waals surface area (Å²) in [6, 6.07) is 8.83. The van der Waals surface area contributed by atoms with Gasteiger partial charge < -0.3 is 4.98 Å². The van der Waals surface area contributed by atoms with Gasteiger partial charge in [-0.25, -0.2) is 4.98 Å². The second-order valence-corrected chi connectivity index (χ2v) is 5.48. The van der Waals surface area contributed by atoms with Gasteiger partial charge in [-0.1, -0.05) is 18.2 Å². The third kappa shape index (κ3) is 3.37. The Morgan fingerprint density at radius 3 is 2.31 bits per heavy atom. The number of pyridine rings is 1. The van der Waals surface area contributed by atoms with E-state index in [4.69, 9.17) is 0 Å². The molecular formula is C17H13F3N4O2. The van der Waals surface area contributed by atoms with E-state index in [2.05, 4.69) is 20.8 Å². The normalized spacial score (nSPS) is 11.4. The van der Waals surface area contributed by atoms with Crippen LogP contribution in [0, 0.1) is 6.92 Å². The van der Waals surface area contributed by atoms with Crippen LogP contribution in [0.25, 0.3) is 10.9 Å². The number of H-pyrrole nitrogens is 1. The first-order valence-electron chi connectivity index (χ1n) is 7.49. The van der Waals surface area contributed by atoms with Gasteiger partial charge in [-0.15, -0.1) is 0 Å². The van der Waals surface area contributed by atoms with Gasteiger partial charge in [0, 0.05) is 17.1 Å². The predicted molar refractivity (Wildman–Crippen MR) is 87.2 cm³/mol. The second kappa shape index (κ2) is 6.51. The molecule has 6 nitrogen and oxygen atoms in total. The molecule has 3 rings (SSSR count). The molecule has 0 atom stereocenters. The zero-order chi connectivity index (χ0) is 18.9. The lowest BCUT2D eigenvalue weighted by molar-refractivity contribution is -0.141. The van der Waals surface area contributed by atoms with Crippen molar-refractivity contribution in [2.45, 2.75) is 13.1 Å². The number of hydrazine groups is 1. The molecule has 0 bridgehead atoms. The number of alkyl halides is 3. The Hall–Kier alpha value is -3.36. The third-order valence-electron chi connectivity index (χ3n) is 3.74. The van der Waals surface area contributed by atoms with Gasteiger partial charge in [0.05, 0.1) is 16.8 Å². The van der Waals surface area contributed by atoms with Crippen LogP contribution in [0.3, 0.4) is 0 Å². The van der Waals surface area contributed by atoms with Gasteiger partial charge in [0.15, 0.2) is 0 Å². The molecule has 2 heterocycles. The summed E-state index contributed by atoms with van der Waals surface area (Å²) in [6.45, 7) is 1.28. The van der Waals surface area contributed by atoms with Crippen molar-refractivity contribution in [1.29, 1.82) is 0 Å².